The minimum absolute atomic E-state index is 0.0168. The van der Waals surface area contributed by atoms with Crippen molar-refractivity contribution in [2.45, 2.75) is 77.3 Å². The summed E-state index contributed by atoms with van der Waals surface area (Å²) in [4.78, 5) is 39.6. The van der Waals surface area contributed by atoms with Gasteiger partial charge in [0.2, 0.25) is 11.8 Å². The highest BCUT2D eigenvalue weighted by atomic mass is 19.1. The van der Waals surface area contributed by atoms with Gasteiger partial charge in [-0.15, -0.1) is 0 Å². The van der Waals surface area contributed by atoms with Crippen LogP contribution in [0.25, 0.3) is 23.5 Å². The molecule has 0 N–H and O–H groups in total. The Hall–Kier alpha value is -6.82. The zero-order valence-corrected chi connectivity index (χ0v) is 38.0. The number of carbonyl (C=O) groups is 2. The van der Waals surface area contributed by atoms with Crippen molar-refractivity contribution in [3.8, 4) is 22.9 Å². The fraction of sp³-hybridized carbons (Fsp3) is 0.333. The number of methoxy groups -OCH3 is 2. The maximum absolute atomic E-state index is 13.5. The molecule has 6 aromatic rings. The average molecular weight is 891 g/mol. The molecule has 2 amide bonds. The summed E-state index contributed by atoms with van der Waals surface area (Å²) in [5.41, 5.74) is 9.20. The Morgan fingerprint density at radius 2 is 0.985 bits per heavy atom. The van der Waals surface area contributed by atoms with E-state index in [1.54, 1.807) is 26.9 Å². The van der Waals surface area contributed by atoms with Crippen LogP contribution >= 0.6 is 0 Å². The number of benzene rings is 4. The van der Waals surface area contributed by atoms with E-state index in [1.165, 1.54) is 24.3 Å². The molecule has 2 saturated carbocycles. The summed E-state index contributed by atoms with van der Waals surface area (Å²) in [7, 11) is 3.30. The summed E-state index contributed by atoms with van der Waals surface area (Å²) >= 11 is 0. The topological polar surface area (TPSA) is 94.7 Å². The maximum atomic E-state index is 13.5. The van der Waals surface area contributed by atoms with Gasteiger partial charge in [0.1, 0.15) is 23.1 Å². The van der Waals surface area contributed by atoms with Gasteiger partial charge < -0.3 is 28.4 Å². The number of nitrogens with zero attached hydrogens (tertiary/aromatic N) is 6. The van der Waals surface area contributed by atoms with Crippen molar-refractivity contribution in [1.82, 2.24) is 28.9 Å². The molecule has 2 aromatic heterocycles. The molecular weight excluding hydrogens is 835 g/mol. The Balaban J connectivity index is 0.000000166. The fourth-order valence-electron chi connectivity index (χ4n) is 9.52. The molecule has 4 aliphatic rings. The summed E-state index contributed by atoms with van der Waals surface area (Å²) in [5, 5.41) is 0. The van der Waals surface area contributed by atoms with Gasteiger partial charge in [0, 0.05) is 36.6 Å². The van der Waals surface area contributed by atoms with Crippen LogP contribution in [-0.2, 0) is 9.59 Å². The van der Waals surface area contributed by atoms with E-state index in [1.807, 2.05) is 118 Å². The first-order valence-corrected chi connectivity index (χ1v) is 23.0. The largest absolute Gasteiger partial charge is 0.495 e. The first kappa shape index (κ1) is 44.4. The summed E-state index contributed by atoms with van der Waals surface area (Å²) in [5.74, 6) is 2.03. The summed E-state index contributed by atoms with van der Waals surface area (Å²) in [6.07, 6.45) is 19.2. The molecule has 2 atom stereocenters. The first-order chi connectivity index (χ1) is 32.1. The second-order valence-corrected chi connectivity index (χ2v) is 17.9. The predicted molar refractivity (Wildman–Crippen MR) is 251 cm³/mol. The van der Waals surface area contributed by atoms with E-state index in [0.717, 1.165) is 132 Å². The Morgan fingerprint density at radius 1 is 0.591 bits per heavy atom. The molecule has 0 spiro atoms. The fourth-order valence-corrected chi connectivity index (χ4v) is 9.52. The minimum atomic E-state index is -0.248. The molecule has 2 aliphatic carbocycles. The standard InChI is InChI=1S/2C27H28FN3O2/c2*1-18-16-30(17-29-18)24-12-5-19(15-25(24)33-2)14-22-4-3-13-31(27(22)32)26(20-6-7-20)21-8-10-23(28)11-9-21/h2*5,8-12,14-17,20,26H,3-4,6-7,13H2,1-2H3/b2*22-14+/t2*26-/m10/s1. The van der Waals surface area contributed by atoms with E-state index in [4.69, 9.17) is 9.47 Å². The van der Waals surface area contributed by atoms with E-state index in [0.29, 0.717) is 11.8 Å². The van der Waals surface area contributed by atoms with Gasteiger partial charge >= 0.3 is 0 Å². The van der Waals surface area contributed by atoms with Crippen molar-refractivity contribution in [3.63, 3.8) is 0 Å². The molecule has 4 heterocycles. The van der Waals surface area contributed by atoms with E-state index in [2.05, 4.69) is 9.97 Å². The SMILES string of the molecule is COc1cc(/C=C2\CCCN([C@@H](c3ccc(F)cc3)C3CC3)C2=O)ccc1-n1cnc(C)c1.COc1cc(/C=C2\CCCN([C@H](c3ccc(F)cc3)C3CC3)C2=O)ccc1-n1cnc(C)c1. The van der Waals surface area contributed by atoms with Gasteiger partial charge in [-0.25, -0.2) is 18.7 Å². The molecule has 12 heteroatoms. The minimum Gasteiger partial charge on any atom is -0.495 e. The van der Waals surface area contributed by atoms with E-state index < -0.39 is 0 Å². The molecule has 4 aromatic carbocycles. The molecular formula is C54H56F2N6O4. The van der Waals surface area contributed by atoms with Gasteiger partial charge in [0.25, 0.3) is 0 Å². The summed E-state index contributed by atoms with van der Waals surface area (Å²) in [6, 6.07) is 25.2. The van der Waals surface area contributed by atoms with Crippen molar-refractivity contribution in [2.24, 2.45) is 11.8 Å². The Kier molecular flexibility index (Phi) is 13.0. The lowest BCUT2D eigenvalue weighted by molar-refractivity contribution is -0.132. The van der Waals surface area contributed by atoms with Crippen LogP contribution in [0.4, 0.5) is 8.78 Å². The number of carbonyl (C=O) groups excluding carboxylic acids is 2. The van der Waals surface area contributed by atoms with Crippen LogP contribution in [0.1, 0.15) is 97.1 Å². The molecule has 2 saturated heterocycles. The van der Waals surface area contributed by atoms with Crippen LogP contribution in [0.2, 0.25) is 0 Å². The molecule has 66 heavy (non-hydrogen) atoms. The molecule has 0 unspecified atom stereocenters. The monoisotopic (exact) mass is 890 g/mol. The second kappa shape index (κ2) is 19.3. The number of likely N-dealkylation sites (tertiary alicyclic amines) is 2. The number of hydrogen-bond acceptors (Lipinski definition) is 6. The lowest BCUT2D eigenvalue weighted by Crippen LogP contribution is -2.40. The second-order valence-electron chi connectivity index (χ2n) is 17.9. The number of amides is 2. The lowest BCUT2D eigenvalue weighted by Gasteiger charge is -2.36. The Labute approximate surface area is 385 Å². The van der Waals surface area contributed by atoms with Crippen molar-refractivity contribution in [1.29, 1.82) is 0 Å². The number of ether oxygens (including phenoxy) is 2. The number of piperidine rings is 2. The molecule has 0 radical (unpaired) electrons. The van der Waals surface area contributed by atoms with E-state index >= 15 is 0 Å². The summed E-state index contributed by atoms with van der Waals surface area (Å²) in [6.45, 7) is 5.36. The van der Waals surface area contributed by atoms with E-state index in [9.17, 15) is 18.4 Å². The molecule has 10 nitrogen and oxygen atoms in total. The first-order valence-electron chi connectivity index (χ1n) is 23.0. The van der Waals surface area contributed by atoms with Crippen LogP contribution in [0.3, 0.4) is 0 Å². The Morgan fingerprint density at radius 3 is 1.32 bits per heavy atom. The van der Waals surface area contributed by atoms with Crippen LogP contribution in [0.5, 0.6) is 11.5 Å². The third kappa shape index (κ3) is 9.88. The van der Waals surface area contributed by atoms with Gasteiger partial charge in [-0.3, -0.25) is 9.59 Å². The highest BCUT2D eigenvalue weighted by molar-refractivity contribution is 5.99. The number of halogens is 2. The molecule has 0 bridgehead atoms. The number of rotatable bonds is 12. The normalized spacial score (nSPS) is 18.6. The van der Waals surface area contributed by atoms with Gasteiger partial charge in [-0.2, -0.15) is 0 Å². The summed E-state index contributed by atoms with van der Waals surface area (Å²) < 4.78 is 42.1. The van der Waals surface area contributed by atoms with Crippen molar-refractivity contribution < 1.29 is 27.8 Å². The zero-order valence-electron chi connectivity index (χ0n) is 38.0. The van der Waals surface area contributed by atoms with Crippen LogP contribution in [0, 0.1) is 37.3 Å². The van der Waals surface area contributed by atoms with Gasteiger partial charge in [-0.1, -0.05) is 36.4 Å². The van der Waals surface area contributed by atoms with E-state index in [-0.39, 0.29) is 35.5 Å². The van der Waals surface area contributed by atoms with Crippen molar-refractivity contribution in [2.75, 3.05) is 27.3 Å². The number of aryl methyl sites for hydroxylation is 2. The number of imidazole rings is 2. The van der Waals surface area contributed by atoms with Crippen LogP contribution in [-0.4, -0.2) is 68.0 Å². The number of hydrogen-bond donors (Lipinski definition) is 0. The van der Waals surface area contributed by atoms with Crippen LogP contribution in [0.15, 0.2) is 121 Å². The number of aromatic nitrogens is 4. The third-order valence-electron chi connectivity index (χ3n) is 13.1. The van der Waals surface area contributed by atoms with Gasteiger partial charge in [0.15, 0.2) is 0 Å². The molecule has 340 valence electrons. The smallest absolute Gasteiger partial charge is 0.250 e. The lowest BCUT2D eigenvalue weighted by atomic mass is 9.94. The highest BCUT2D eigenvalue weighted by Crippen LogP contribution is 2.47. The average Bonchev–Trinajstić information content (AvgIpc) is 4.26. The third-order valence-corrected chi connectivity index (χ3v) is 13.1. The van der Waals surface area contributed by atoms with Crippen molar-refractivity contribution in [3.05, 3.63) is 166 Å². The van der Waals surface area contributed by atoms with Gasteiger partial charge in [0.05, 0.1) is 61.7 Å². The zero-order chi connectivity index (χ0) is 45.9. The quantitative estimate of drug-likeness (QED) is 0.114. The molecule has 4 fully saturated rings. The van der Waals surface area contributed by atoms with Crippen LogP contribution < -0.4 is 9.47 Å². The Bertz CT molecular complexity index is 2580. The molecule has 2 aliphatic heterocycles. The molecule has 10 rings (SSSR count). The van der Waals surface area contributed by atoms with Crippen molar-refractivity contribution >= 4 is 24.0 Å². The maximum Gasteiger partial charge on any atom is 0.250 e. The highest BCUT2D eigenvalue weighted by Gasteiger charge is 2.41. The van der Waals surface area contributed by atoms with Gasteiger partial charge in [-0.05, 0) is 160 Å². The predicted octanol–water partition coefficient (Wildman–Crippen LogP) is 11.0.